The molecule has 2 N–H and O–H groups in total. The first kappa shape index (κ1) is 18.6. The maximum Gasteiger partial charge on any atom is 0.222 e. The van der Waals surface area contributed by atoms with E-state index in [1.165, 1.54) is 12.1 Å². The Morgan fingerprint density at radius 3 is 2.52 bits per heavy atom. The standard InChI is InChI=1S/C18H22FN3O3/c1-12(2)18(24)21-10-9-20-16(23)7-8-17-22-11-15(25-17)13-3-5-14(19)6-4-13/h3-6,11-12H,7-10H2,1-2H3,(H,20,23)(H,21,24). The Bertz CT molecular complexity index is 711. The zero-order chi connectivity index (χ0) is 18.2. The van der Waals surface area contributed by atoms with E-state index in [9.17, 15) is 14.0 Å². The zero-order valence-electron chi connectivity index (χ0n) is 14.3. The Morgan fingerprint density at radius 1 is 1.16 bits per heavy atom. The van der Waals surface area contributed by atoms with E-state index >= 15 is 0 Å². The van der Waals surface area contributed by atoms with Crippen LogP contribution in [0, 0.1) is 11.7 Å². The van der Waals surface area contributed by atoms with Gasteiger partial charge in [0, 0.05) is 37.4 Å². The summed E-state index contributed by atoms with van der Waals surface area (Å²) in [5.74, 6) is 0.415. The molecular formula is C18H22FN3O3. The fourth-order valence-electron chi connectivity index (χ4n) is 2.07. The predicted molar refractivity (Wildman–Crippen MR) is 91.1 cm³/mol. The third-order valence-corrected chi connectivity index (χ3v) is 3.52. The van der Waals surface area contributed by atoms with Crippen molar-refractivity contribution in [3.05, 3.63) is 42.2 Å². The molecule has 0 bridgehead atoms. The van der Waals surface area contributed by atoms with E-state index < -0.39 is 0 Å². The number of hydrogen-bond donors (Lipinski definition) is 2. The molecule has 0 radical (unpaired) electrons. The molecule has 25 heavy (non-hydrogen) atoms. The number of halogens is 1. The van der Waals surface area contributed by atoms with Gasteiger partial charge in [-0.3, -0.25) is 9.59 Å². The first-order valence-electron chi connectivity index (χ1n) is 8.20. The summed E-state index contributed by atoms with van der Waals surface area (Å²) in [4.78, 5) is 27.3. The van der Waals surface area contributed by atoms with Crippen LogP contribution in [0.25, 0.3) is 11.3 Å². The Morgan fingerprint density at radius 2 is 1.84 bits per heavy atom. The first-order chi connectivity index (χ1) is 12.0. The number of oxazole rings is 1. The molecule has 2 amide bonds. The molecule has 0 saturated carbocycles. The summed E-state index contributed by atoms with van der Waals surface area (Å²) in [6, 6.07) is 5.92. The van der Waals surface area contributed by atoms with Crippen molar-refractivity contribution in [1.82, 2.24) is 15.6 Å². The predicted octanol–water partition coefficient (Wildman–Crippen LogP) is 2.30. The summed E-state index contributed by atoms with van der Waals surface area (Å²) in [6.45, 7) is 4.40. The van der Waals surface area contributed by atoms with Gasteiger partial charge in [0.1, 0.15) is 5.82 Å². The fraction of sp³-hybridized carbons (Fsp3) is 0.389. The highest BCUT2D eigenvalue weighted by atomic mass is 19.1. The van der Waals surface area contributed by atoms with Crippen LogP contribution < -0.4 is 10.6 Å². The SMILES string of the molecule is CC(C)C(=O)NCCNC(=O)CCc1ncc(-c2ccc(F)cc2)o1. The van der Waals surface area contributed by atoms with E-state index in [1.807, 2.05) is 13.8 Å². The smallest absolute Gasteiger partial charge is 0.222 e. The van der Waals surface area contributed by atoms with Crippen molar-refractivity contribution in [2.45, 2.75) is 26.7 Å². The molecule has 134 valence electrons. The lowest BCUT2D eigenvalue weighted by Crippen LogP contribution is -2.36. The monoisotopic (exact) mass is 347 g/mol. The topological polar surface area (TPSA) is 84.2 Å². The molecule has 6 nitrogen and oxygen atoms in total. The van der Waals surface area contributed by atoms with Gasteiger partial charge in [-0.15, -0.1) is 0 Å². The lowest BCUT2D eigenvalue weighted by atomic mass is 10.2. The number of hydrogen-bond acceptors (Lipinski definition) is 4. The molecule has 0 fully saturated rings. The second-order valence-electron chi connectivity index (χ2n) is 5.92. The van der Waals surface area contributed by atoms with Crippen LogP contribution in [0.15, 0.2) is 34.9 Å². The van der Waals surface area contributed by atoms with Crippen LogP contribution in [-0.4, -0.2) is 29.9 Å². The van der Waals surface area contributed by atoms with Gasteiger partial charge >= 0.3 is 0 Å². The number of benzene rings is 1. The molecule has 0 aliphatic carbocycles. The summed E-state index contributed by atoms with van der Waals surface area (Å²) >= 11 is 0. The quantitative estimate of drug-likeness (QED) is 0.718. The summed E-state index contributed by atoms with van der Waals surface area (Å²) in [5, 5.41) is 5.45. The van der Waals surface area contributed by atoms with Crippen molar-refractivity contribution in [2.24, 2.45) is 5.92 Å². The minimum atomic E-state index is -0.315. The van der Waals surface area contributed by atoms with Gasteiger partial charge in [0.15, 0.2) is 11.7 Å². The van der Waals surface area contributed by atoms with Gasteiger partial charge in [-0.2, -0.15) is 0 Å². The number of amides is 2. The Kier molecular flexibility index (Phi) is 6.68. The maximum absolute atomic E-state index is 12.9. The summed E-state index contributed by atoms with van der Waals surface area (Å²) in [7, 11) is 0. The highest BCUT2D eigenvalue weighted by Gasteiger charge is 2.09. The van der Waals surface area contributed by atoms with E-state index in [2.05, 4.69) is 15.6 Å². The highest BCUT2D eigenvalue weighted by Crippen LogP contribution is 2.21. The van der Waals surface area contributed by atoms with Gasteiger partial charge in [-0.1, -0.05) is 13.8 Å². The minimum Gasteiger partial charge on any atom is -0.441 e. The van der Waals surface area contributed by atoms with Gasteiger partial charge in [0.2, 0.25) is 11.8 Å². The largest absolute Gasteiger partial charge is 0.441 e. The molecule has 0 aliphatic rings. The zero-order valence-corrected chi connectivity index (χ0v) is 14.3. The van der Waals surface area contributed by atoms with E-state index in [4.69, 9.17) is 4.42 Å². The van der Waals surface area contributed by atoms with Crippen molar-refractivity contribution in [2.75, 3.05) is 13.1 Å². The van der Waals surface area contributed by atoms with Crippen LogP contribution in [0.3, 0.4) is 0 Å². The van der Waals surface area contributed by atoms with Crippen molar-refractivity contribution in [3.8, 4) is 11.3 Å². The minimum absolute atomic E-state index is 0.0395. The Balaban J connectivity index is 1.71. The Labute approximate surface area is 145 Å². The number of carbonyl (C=O) groups excluding carboxylic acids is 2. The van der Waals surface area contributed by atoms with Crippen molar-refractivity contribution >= 4 is 11.8 Å². The molecule has 0 unspecified atom stereocenters. The third-order valence-electron chi connectivity index (χ3n) is 3.52. The number of aromatic nitrogens is 1. The average molecular weight is 347 g/mol. The van der Waals surface area contributed by atoms with E-state index in [0.717, 1.165) is 5.56 Å². The number of nitrogens with one attached hydrogen (secondary N) is 2. The summed E-state index contributed by atoms with van der Waals surface area (Å²) in [6.07, 6.45) is 2.16. The van der Waals surface area contributed by atoms with Crippen LogP contribution in [0.2, 0.25) is 0 Å². The van der Waals surface area contributed by atoms with Crippen LogP contribution >= 0.6 is 0 Å². The van der Waals surface area contributed by atoms with Crippen LogP contribution in [0.5, 0.6) is 0 Å². The second kappa shape index (κ2) is 8.96. The van der Waals surface area contributed by atoms with Gasteiger partial charge in [0.05, 0.1) is 6.20 Å². The number of aryl methyl sites for hydroxylation is 1. The molecule has 1 aromatic carbocycles. The summed E-state index contributed by atoms with van der Waals surface area (Å²) in [5.41, 5.74) is 0.727. The van der Waals surface area contributed by atoms with Gasteiger partial charge < -0.3 is 15.1 Å². The average Bonchev–Trinajstić information content (AvgIpc) is 3.06. The van der Waals surface area contributed by atoms with E-state index in [-0.39, 0.29) is 30.0 Å². The normalized spacial score (nSPS) is 10.7. The fourth-order valence-corrected chi connectivity index (χ4v) is 2.07. The number of carbonyl (C=O) groups is 2. The molecular weight excluding hydrogens is 325 g/mol. The van der Waals surface area contributed by atoms with Crippen molar-refractivity contribution < 1.29 is 18.4 Å². The molecule has 1 aromatic heterocycles. The molecule has 2 rings (SSSR count). The molecule has 0 spiro atoms. The number of rotatable bonds is 8. The molecule has 7 heteroatoms. The lowest BCUT2D eigenvalue weighted by Gasteiger charge is -2.08. The third kappa shape index (κ3) is 6.02. The van der Waals surface area contributed by atoms with E-state index in [1.54, 1.807) is 18.3 Å². The molecule has 0 saturated heterocycles. The van der Waals surface area contributed by atoms with Crippen LogP contribution in [0.1, 0.15) is 26.2 Å². The van der Waals surface area contributed by atoms with Crippen molar-refractivity contribution in [3.63, 3.8) is 0 Å². The molecule has 2 aromatic rings. The maximum atomic E-state index is 12.9. The highest BCUT2D eigenvalue weighted by molar-refractivity contribution is 5.78. The van der Waals surface area contributed by atoms with Crippen LogP contribution in [-0.2, 0) is 16.0 Å². The summed E-state index contributed by atoms with van der Waals surface area (Å²) < 4.78 is 18.5. The number of nitrogens with zero attached hydrogens (tertiary/aromatic N) is 1. The van der Waals surface area contributed by atoms with Crippen LogP contribution in [0.4, 0.5) is 4.39 Å². The lowest BCUT2D eigenvalue weighted by molar-refractivity contribution is -0.124. The van der Waals surface area contributed by atoms with Crippen molar-refractivity contribution in [1.29, 1.82) is 0 Å². The van der Waals surface area contributed by atoms with E-state index in [0.29, 0.717) is 31.2 Å². The molecule has 0 aliphatic heterocycles. The second-order valence-corrected chi connectivity index (χ2v) is 5.92. The van der Waals surface area contributed by atoms with Gasteiger partial charge in [-0.05, 0) is 24.3 Å². The van der Waals surface area contributed by atoms with Gasteiger partial charge in [-0.25, -0.2) is 9.37 Å². The molecule has 1 heterocycles. The molecule has 0 atom stereocenters. The van der Waals surface area contributed by atoms with Gasteiger partial charge in [0.25, 0.3) is 0 Å². The Hall–Kier alpha value is -2.70. The first-order valence-corrected chi connectivity index (χ1v) is 8.20.